The van der Waals surface area contributed by atoms with Crippen LogP contribution in [0.25, 0.3) is 0 Å². The summed E-state index contributed by atoms with van der Waals surface area (Å²) in [6, 6.07) is 0. The SMILES string of the molecule is CN1CCC(CCNC(=O)C2CNCCO2)C1. The molecule has 2 atom stereocenters. The zero-order valence-corrected chi connectivity index (χ0v) is 10.6. The quantitative estimate of drug-likeness (QED) is 0.692. The maximum atomic E-state index is 11.7. The fraction of sp³-hybridized carbons (Fsp3) is 0.917. The Morgan fingerprint density at radius 2 is 2.47 bits per heavy atom. The minimum Gasteiger partial charge on any atom is -0.366 e. The highest BCUT2D eigenvalue weighted by atomic mass is 16.5. The molecule has 98 valence electrons. The second-order valence-corrected chi connectivity index (χ2v) is 5.06. The summed E-state index contributed by atoms with van der Waals surface area (Å²) in [7, 11) is 2.15. The van der Waals surface area contributed by atoms with Crippen molar-refractivity contribution in [2.75, 3.05) is 46.4 Å². The lowest BCUT2D eigenvalue weighted by Crippen LogP contribution is -2.48. The summed E-state index contributed by atoms with van der Waals surface area (Å²) in [6.45, 7) is 5.24. The molecule has 5 heteroatoms. The molecule has 5 nitrogen and oxygen atoms in total. The van der Waals surface area contributed by atoms with Crippen molar-refractivity contribution in [2.24, 2.45) is 5.92 Å². The van der Waals surface area contributed by atoms with Crippen LogP contribution < -0.4 is 10.6 Å². The van der Waals surface area contributed by atoms with Crippen molar-refractivity contribution in [1.29, 1.82) is 0 Å². The van der Waals surface area contributed by atoms with Gasteiger partial charge in [-0.3, -0.25) is 4.79 Å². The van der Waals surface area contributed by atoms with Crippen LogP contribution in [0.5, 0.6) is 0 Å². The van der Waals surface area contributed by atoms with Crippen molar-refractivity contribution in [1.82, 2.24) is 15.5 Å². The lowest BCUT2D eigenvalue weighted by molar-refractivity contribution is -0.134. The third-order valence-electron chi connectivity index (χ3n) is 3.56. The molecular weight excluding hydrogens is 218 g/mol. The lowest BCUT2D eigenvalue weighted by atomic mass is 10.1. The van der Waals surface area contributed by atoms with Crippen LogP contribution in [0.3, 0.4) is 0 Å². The highest BCUT2D eigenvalue weighted by molar-refractivity contribution is 5.81. The Morgan fingerprint density at radius 1 is 1.59 bits per heavy atom. The summed E-state index contributed by atoms with van der Waals surface area (Å²) < 4.78 is 5.40. The number of carbonyl (C=O) groups is 1. The first-order chi connectivity index (χ1) is 8.25. The van der Waals surface area contributed by atoms with Crippen LogP contribution in [0, 0.1) is 5.92 Å². The standard InChI is InChI=1S/C12H23N3O2/c1-15-6-3-10(9-15)2-4-14-12(16)11-8-13-5-7-17-11/h10-11,13H,2-9H2,1H3,(H,14,16). The van der Waals surface area contributed by atoms with Gasteiger partial charge in [-0.15, -0.1) is 0 Å². The number of ether oxygens (including phenoxy) is 1. The molecule has 0 aromatic carbocycles. The largest absolute Gasteiger partial charge is 0.366 e. The normalized spacial score (nSPS) is 30.4. The molecule has 2 rings (SSSR count). The first kappa shape index (κ1) is 12.8. The van der Waals surface area contributed by atoms with Gasteiger partial charge in [-0.2, -0.15) is 0 Å². The van der Waals surface area contributed by atoms with E-state index in [9.17, 15) is 4.79 Å². The predicted molar refractivity (Wildman–Crippen MR) is 65.8 cm³/mol. The summed E-state index contributed by atoms with van der Waals surface area (Å²) in [6.07, 6.45) is 2.04. The van der Waals surface area contributed by atoms with E-state index in [-0.39, 0.29) is 12.0 Å². The molecule has 2 heterocycles. The molecule has 0 bridgehead atoms. The molecule has 1 amide bonds. The van der Waals surface area contributed by atoms with Gasteiger partial charge in [0.05, 0.1) is 6.61 Å². The molecule has 2 aliphatic heterocycles. The van der Waals surface area contributed by atoms with Gasteiger partial charge in [-0.25, -0.2) is 0 Å². The molecule has 2 saturated heterocycles. The Morgan fingerprint density at radius 3 is 3.12 bits per heavy atom. The molecule has 0 aromatic rings. The second-order valence-electron chi connectivity index (χ2n) is 5.06. The number of hydrogen-bond donors (Lipinski definition) is 2. The van der Waals surface area contributed by atoms with E-state index in [4.69, 9.17) is 4.74 Å². The van der Waals surface area contributed by atoms with Gasteiger partial charge in [0.1, 0.15) is 6.10 Å². The number of carbonyl (C=O) groups excluding carboxylic acids is 1. The first-order valence-corrected chi connectivity index (χ1v) is 6.54. The highest BCUT2D eigenvalue weighted by Gasteiger charge is 2.22. The molecule has 2 N–H and O–H groups in total. The average Bonchev–Trinajstić information content (AvgIpc) is 2.76. The van der Waals surface area contributed by atoms with E-state index in [0.29, 0.717) is 13.2 Å². The van der Waals surface area contributed by atoms with E-state index in [0.717, 1.165) is 32.0 Å². The van der Waals surface area contributed by atoms with Crippen molar-refractivity contribution in [3.8, 4) is 0 Å². The Hall–Kier alpha value is -0.650. The molecule has 2 aliphatic rings. The van der Waals surface area contributed by atoms with Crippen LogP contribution in [-0.2, 0) is 9.53 Å². The molecule has 0 radical (unpaired) electrons. The fourth-order valence-electron chi connectivity index (χ4n) is 2.51. The van der Waals surface area contributed by atoms with Crippen molar-refractivity contribution in [3.05, 3.63) is 0 Å². The summed E-state index contributed by atoms with van der Waals surface area (Å²) in [4.78, 5) is 14.1. The predicted octanol–water partition coefficient (Wildman–Crippen LogP) is -0.567. The van der Waals surface area contributed by atoms with Crippen molar-refractivity contribution in [2.45, 2.75) is 18.9 Å². The van der Waals surface area contributed by atoms with E-state index in [1.807, 2.05) is 0 Å². The molecular formula is C12H23N3O2. The number of nitrogens with zero attached hydrogens (tertiary/aromatic N) is 1. The molecule has 0 spiro atoms. The summed E-state index contributed by atoms with van der Waals surface area (Å²) in [5.41, 5.74) is 0. The van der Waals surface area contributed by atoms with E-state index in [2.05, 4.69) is 22.6 Å². The Bertz CT molecular complexity index is 254. The maximum absolute atomic E-state index is 11.7. The van der Waals surface area contributed by atoms with Crippen LogP contribution in [0.2, 0.25) is 0 Å². The Balaban J connectivity index is 1.59. The van der Waals surface area contributed by atoms with E-state index >= 15 is 0 Å². The minimum atomic E-state index is -0.296. The molecule has 2 fully saturated rings. The monoisotopic (exact) mass is 241 g/mol. The van der Waals surface area contributed by atoms with Crippen LogP contribution >= 0.6 is 0 Å². The van der Waals surface area contributed by atoms with Gasteiger partial charge >= 0.3 is 0 Å². The summed E-state index contributed by atoms with van der Waals surface area (Å²) in [5, 5.41) is 6.13. The lowest BCUT2D eigenvalue weighted by Gasteiger charge is -2.23. The topological polar surface area (TPSA) is 53.6 Å². The third kappa shape index (κ3) is 3.94. The average molecular weight is 241 g/mol. The van der Waals surface area contributed by atoms with Crippen LogP contribution in [-0.4, -0.2) is 63.3 Å². The molecule has 2 unspecified atom stereocenters. The van der Waals surface area contributed by atoms with Crippen LogP contribution in [0.1, 0.15) is 12.8 Å². The molecule has 0 aromatic heterocycles. The molecule has 17 heavy (non-hydrogen) atoms. The maximum Gasteiger partial charge on any atom is 0.250 e. The van der Waals surface area contributed by atoms with Gasteiger partial charge in [-0.05, 0) is 32.4 Å². The van der Waals surface area contributed by atoms with Gasteiger partial charge in [0.25, 0.3) is 0 Å². The van der Waals surface area contributed by atoms with Crippen molar-refractivity contribution in [3.63, 3.8) is 0 Å². The highest BCUT2D eigenvalue weighted by Crippen LogP contribution is 2.16. The number of likely N-dealkylation sites (tertiary alicyclic amines) is 1. The van der Waals surface area contributed by atoms with E-state index in [1.165, 1.54) is 13.0 Å². The first-order valence-electron chi connectivity index (χ1n) is 6.54. The zero-order chi connectivity index (χ0) is 12.1. The number of amides is 1. The molecule has 0 saturated carbocycles. The Labute approximate surface area is 103 Å². The van der Waals surface area contributed by atoms with Gasteiger partial charge in [0.2, 0.25) is 5.91 Å². The second kappa shape index (κ2) is 6.33. The fourth-order valence-corrected chi connectivity index (χ4v) is 2.51. The van der Waals surface area contributed by atoms with Crippen molar-refractivity contribution >= 4 is 5.91 Å². The van der Waals surface area contributed by atoms with Gasteiger partial charge in [0.15, 0.2) is 0 Å². The van der Waals surface area contributed by atoms with E-state index < -0.39 is 0 Å². The summed E-state index contributed by atoms with van der Waals surface area (Å²) >= 11 is 0. The number of nitrogens with one attached hydrogen (secondary N) is 2. The summed E-state index contributed by atoms with van der Waals surface area (Å²) in [5.74, 6) is 0.772. The van der Waals surface area contributed by atoms with E-state index in [1.54, 1.807) is 0 Å². The number of morpholine rings is 1. The van der Waals surface area contributed by atoms with Crippen molar-refractivity contribution < 1.29 is 9.53 Å². The minimum absolute atomic E-state index is 0.0311. The van der Waals surface area contributed by atoms with Gasteiger partial charge in [0, 0.05) is 26.2 Å². The third-order valence-corrected chi connectivity index (χ3v) is 3.56. The molecule has 0 aliphatic carbocycles. The van der Waals surface area contributed by atoms with Crippen LogP contribution in [0.4, 0.5) is 0 Å². The Kier molecular flexibility index (Phi) is 4.76. The zero-order valence-electron chi connectivity index (χ0n) is 10.6. The number of rotatable bonds is 4. The smallest absolute Gasteiger partial charge is 0.250 e. The number of hydrogen-bond acceptors (Lipinski definition) is 4. The van der Waals surface area contributed by atoms with Gasteiger partial charge in [-0.1, -0.05) is 0 Å². The van der Waals surface area contributed by atoms with Crippen LogP contribution in [0.15, 0.2) is 0 Å². The van der Waals surface area contributed by atoms with Gasteiger partial charge < -0.3 is 20.3 Å².